The van der Waals surface area contributed by atoms with E-state index < -0.39 is 0 Å². The van der Waals surface area contributed by atoms with E-state index in [4.69, 9.17) is 23.2 Å². The minimum absolute atomic E-state index is 0.0432. The summed E-state index contributed by atoms with van der Waals surface area (Å²) in [4.78, 5) is 23.1. The van der Waals surface area contributed by atoms with E-state index in [2.05, 4.69) is 20.2 Å². The molecule has 1 unspecified atom stereocenters. The van der Waals surface area contributed by atoms with E-state index in [0.717, 1.165) is 24.9 Å². The number of hydrogen-bond acceptors (Lipinski definition) is 4. The summed E-state index contributed by atoms with van der Waals surface area (Å²) in [5.41, 5.74) is 0.928. The molecule has 0 aliphatic carbocycles. The van der Waals surface area contributed by atoms with Gasteiger partial charge in [0.2, 0.25) is 11.9 Å². The predicted octanol–water partition coefficient (Wildman–Crippen LogP) is 3.32. The number of aromatic nitrogens is 2. The minimum atomic E-state index is -0.0645. The molecule has 1 fully saturated rings. The van der Waals surface area contributed by atoms with Gasteiger partial charge in [-0.15, -0.1) is 0 Å². The van der Waals surface area contributed by atoms with Crippen LogP contribution in [-0.4, -0.2) is 29.0 Å². The minimum Gasteiger partial charge on any atom is -0.352 e. The number of rotatable bonds is 4. The fourth-order valence-corrected chi connectivity index (χ4v) is 3.13. The first kappa shape index (κ1) is 17.0. The molecule has 7 heteroatoms. The molecule has 0 bridgehead atoms. The van der Waals surface area contributed by atoms with Crippen molar-refractivity contribution >= 4 is 35.1 Å². The van der Waals surface area contributed by atoms with Crippen molar-refractivity contribution in [3.8, 4) is 0 Å². The molecule has 1 N–H and O–H groups in total. The molecule has 1 aromatic heterocycles. The highest BCUT2D eigenvalue weighted by Crippen LogP contribution is 2.23. The summed E-state index contributed by atoms with van der Waals surface area (Å²) >= 11 is 11.9. The maximum absolute atomic E-state index is 12.5. The largest absolute Gasteiger partial charge is 0.352 e. The first-order valence-electron chi connectivity index (χ1n) is 7.87. The lowest BCUT2D eigenvalue weighted by Crippen LogP contribution is -2.43. The number of hydrogen-bond donors (Lipinski definition) is 1. The van der Waals surface area contributed by atoms with Crippen LogP contribution in [0.25, 0.3) is 0 Å². The second-order valence-electron chi connectivity index (χ2n) is 5.80. The number of benzene rings is 1. The SMILES string of the molecule is O=C(NCc1ccc(Cl)c(Cl)c1)C1CCCN(c2ncccn2)C1. The van der Waals surface area contributed by atoms with Crippen molar-refractivity contribution in [1.29, 1.82) is 0 Å². The van der Waals surface area contributed by atoms with Crippen LogP contribution in [0.2, 0.25) is 10.0 Å². The van der Waals surface area contributed by atoms with E-state index in [-0.39, 0.29) is 11.8 Å². The first-order chi connectivity index (χ1) is 11.6. The molecular weight excluding hydrogens is 347 g/mol. The average molecular weight is 365 g/mol. The molecule has 1 saturated heterocycles. The van der Waals surface area contributed by atoms with Crippen LogP contribution in [0.5, 0.6) is 0 Å². The van der Waals surface area contributed by atoms with Crippen molar-refractivity contribution in [3.63, 3.8) is 0 Å². The lowest BCUT2D eigenvalue weighted by Gasteiger charge is -2.31. The number of nitrogens with zero attached hydrogens (tertiary/aromatic N) is 3. The Morgan fingerprint density at radius 3 is 2.79 bits per heavy atom. The maximum Gasteiger partial charge on any atom is 0.225 e. The highest BCUT2D eigenvalue weighted by Gasteiger charge is 2.26. The first-order valence-corrected chi connectivity index (χ1v) is 8.62. The topological polar surface area (TPSA) is 58.1 Å². The van der Waals surface area contributed by atoms with E-state index in [0.29, 0.717) is 29.1 Å². The van der Waals surface area contributed by atoms with E-state index in [1.807, 2.05) is 6.07 Å². The summed E-state index contributed by atoms with van der Waals surface area (Å²) in [6, 6.07) is 7.16. The summed E-state index contributed by atoms with van der Waals surface area (Å²) in [7, 11) is 0. The molecule has 2 aromatic rings. The second kappa shape index (κ2) is 7.81. The number of anilines is 1. The fourth-order valence-electron chi connectivity index (χ4n) is 2.81. The highest BCUT2D eigenvalue weighted by molar-refractivity contribution is 6.42. The molecular formula is C17H18Cl2N4O. The molecule has 126 valence electrons. The lowest BCUT2D eigenvalue weighted by molar-refractivity contribution is -0.125. The third-order valence-electron chi connectivity index (χ3n) is 4.08. The van der Waals surface area contributed by atoms with Crippen LogP contribution >= 0.6 is 23.2 Å². The summed E-state index contributed by atoms with van der Waals surface area (Å²) in [6.07, 6.45) is 5.26. The number of carbonyl (C=O) groups excluding carboxylic acids is 1. The van der Waals surface area contributed by atoms with Crippen LogP contribution in [0, 0.1) is 5.92 Å². The standard InChI is InChI=1S/C17H18Cl2N4O/c18-14-5-4-12(9-15(14)19)10-22-16(24)13-3-1-8-23(11-13)17-20-6-2-7-21-17/h2,4-7,9,13H,1,3,8,10-11H2,(H,22,24). The number of amides is 1. The predicted molar refractivity (Wildman–Crippen MR) is 95.3 cm³/mol. The Balaban J connectivity index is 1.57. The van der Waals surface area contributed by atoms with Crippen molar-refractivity contribution < 1.29 is 4.79 Å². The highest BCUT2D eigenvalue weighted by atomic mass is 35.5. The van der Waals surface area contributed by atoms with Gasteiger partial charge in [-0.2, -0.15) is 0 Å². The monoisotopic (exact) mass is 364 g/mol. The molecule has 1 aliphatic rings. The normalized spacial score (nSPS) is 17.6. The van der Waals surface area contributed by atoms with Gasteiger partial charge in [0.1, 0.15) is 0 Å². The summed E-state index contributed by atoms with van der Waals surface area (Å²) in [5, 5.41) is 3.98. The van der Waals surface area contributed by atoms with Crippen molar-refractivity contribution in [2.24, 2.45) is 5.92 Å². The zero-order valence-corrected chi connectivity index (χ0v) is 14.6. The van der Waals surface area contributed by atoms with E-state index >= 15 is 0 Å². The van der Waals surface area contributed by atoms with E-state index in [9.17, 15) is 4.79 Å². The Kier molecular flexibility index (Phi) is 5.53. The molecule has 1 atom stereocenters. The van der Waals surface area contributed by atoms with Crippen molar-refractivity contribution in [3.05, 3.63) is 52.3 Å². The quantitative estimate of drug-likeness (QED) is 0.903. The average Bonchev–Trinajstić information content (AvgIpc) is 2.63. The van der Waals surface area contributed by atoms with Crippen LogP contribution in [0.4, 0.5) is 5.95 Å². The van der Waals surface area contributed by atoms with Crippen molar-refractivity contribution in [1.82, 2.24) is 15.3 Å². The van der Waals surface area contributed by atoms with Gasteiger partial charge in [0.05, 0.1) is 16.0 Å². The van der Waals surface area contributed by atoms with Crippen molar-refractivity contribution in [2.45, 2.75) is 19.4 Å². The summed E-state index contributed by atoms with van der Waals surface area (Å²) < 4.78 is 0. The van der Waals surface area contributed by atoms with Gasteiger partial charge in [-0.25, -0.2) is 9.97 Å². The van der Waals surface area contributed by atoms with Gasteiger partial charge in [-0.3, -0.25) is 4.79 Å². The molecule has 2 heterocycles. The molecule has 5 nitrogen and oxygen atoms in total. The molecule has 0 radical (unpaired) electrons. The zero-order valence-electron chi connectivity index (χ0n) is 13.1. The van der Waals surface area contributed by atoms with Gasteiger partial charge >= 0.3 is 0 Å². The Bertz CT molecular complexity index is 711. The lowest BCUT2D eigenvalue weighted by atomic mass is 9.97. The van der Waals surface area contributed by atoms with E-state index in [1.165, 1.54) is 0 Å². The zero-order chi connectivity index (χ0) is 16.9. The van der Waals surface area contributed by atoms with Crippen molar-refractivity contribution in [2.75, 3.05) is 18.0 Å². The molecule has 1 aliphatic heterocycles. The Morgan fingerprint density at radius 1 is 1.25 bits per heavy atom. The van der Waals surface area contributed by atoms with Crippen LogP contribution in [0.1, 0.15) is 18.4 Å². The Hall–Kier alpha value is -1.85. The Morgan fingerprint density at radius 2 is 2.04 bits per heavy atom. The summed E-state index contributed by atoms with van der Waals surface area (Å²) in [5.74, 6) is 0.659. The third kappa shape index (κ3) is 4.16. The van der Waals surface area contributed by atoms with Crippen LogP contribution in [-0.2, 0) is 11.3 Å². The summed E-state index contributed by atoms with van der Waals surface area (Å²) in [6.45, 7) is 1.95. The van der Waals surface area contributed by atoms with Gasteiger partial charge < -0.3 is 10.2 Å². The number of halogens is 2. The van der Waals surface area contributed by atoms with Gasteiger partial charge in [0.15, 0.2) is 0 Å². The third-order valence-corrected chi connectivity index (χ3v) is 4.82. The van der Waals surface area contributed by atoms with Crippen LogP contribution < -0.4 is 10.2 Å². The molecule has 0 saturated carbocycles. The Labute approximate surface area is 151 Å². The van der Waals surface area contributed by atoms with Gasteiger partial charge in [-0.1, -0.05) is 29.3 Å². The maximum atomic E-state index is 12.5. The van der Waals surface area contributed by atoms with Crippen LogP contribution in [0.3, 0.4) is 0 Å². The fraction of sp³-hybridized carbons (Fsp3) is 0.353. The number of carbonyl (C=O) groups is 1. The molecule has 1 aromatic carbocycles. The number of nitrogens with one attached hydrogen (secondary N) is 1. The van der Waals surface area contributed by atoms with E-state index in [1.54, 1.807) is 30.6 Å². The molecule has 24 heavy (non-hydrogen) atoms. The number of piperidine rings is 1. The molecule has 1 amide bonds. The smallest absolute Gasteiger partial charge is 0.225 e. The van der Waals surface area contributed by atoms with Gasteiger partial charge in [-0.05, 0) is 36.6 Å². The van der Waals surface area contributed by atoms with Gasteiger partial charge in [0, 0.05) is 32.0 Å². The van der Waals surface area contributed by atoms with Gasteiger partial charge in [0.25, 0.3) is 0 Å². The second-order valence-corrected chi connectivity index (χ2v) is 6.61. The van der Waals surface area contributed by atoms with Crippen LogP contribution in [0.15, 0.2) is 36.7 Å². The molecule has 3 rings (SSSR count). The molecule has 0 spiro atoms.